The van der Waals surface area contributed by atoms with Crippen molar-refractivity contribution in [2.45, 2.75) is 51.7 Å². The molecule has 0 aliphatic carbocycles. The van der Waals surface area contributed by atoms with E-state index in [0.717, 1.165) is 64.8 Å². The molecular weight excluding hydrogens is 743 g/mol. The van der Waals surface area contributed by atoms with Gasteiger partial charge in [-0.1, -0.05) is 177 Å². The Kier molecular flexibility index (Phi) is 12.3. The number of anilines is 1. The number of carbonyl (C=O) groups excluding carboxylic acids is 1. The molecule has 0 spiro atoms. The van der Waals surface area contributed by atoms with E-state index < -0.39 is 5.54 Å². The zero-order valence-electron chi connectivity index (χ0n) is 34.1. The average molecular weight is 792 g/mol. The maximum Gasteiger partial charge on any atom is 0.343 e. The van der Waals surface area contributed by atoms with E-state index in [2.05, 4.69) is 157 Å². The smallest absolute Gasteiger partial charge is 0.343 e. The first-order chi connectivity index (χ1) is 29.6. The van der Waals surface area contributed by atoms with Gasteiger partial charge in [0.25, 0.3) is 0 Å². The first-order valence-electron chi connectivity index (χ1n) is 20.8. The van der Waals surface area contributed by atoms with Crippen molar-refractivity contribution >= 4 is 11.8 Å². The van der Waals surface area contributed by atoms with Crippen LogP contribution in [0.15, 0.2) is 176 Å². The molecule has 8 rings (SSSR count). The number of aryl methyl sites for hydroxylation is 2. The second kappa shape index (κ2) is 18.6. The highest BCUT2D eigenvalue weighted by atomic mass is 16.5. The number of ether oxygens (including phenoxy) is 1. The predicted molar refractivity (Wildman–Crippen MR) is 238 cm³/mol. The van der Waals surface area contributed by atoms with Crippen molar-refractivity contribution in [1.29, 1.82) is 0 Å². The monoisotopic (exact) mass is 791 g/mol. The summed E-state index contributed by atoms with van der Waals surface area (Å²) in [4.78, 5) is 15.5. The number of hydrogen-bond donors (Lipinski definition) is 0. The van der Waals surface area contributed by atoms with Crippen LogP contribution in [0.4, 0.5) is 5.82 Å². The Bertz CT molecular complexity index is 2490. The average Bonchev–Trinajstić information content (AvgIpc) is 3.97. The number of nitrogens with zero attached hydrogens (tertiary/aromatic N) is 7. The number of benzene rings is 6. The molecule has 0 fully saturated rings. The molecule has 2 heterocycles. The molecular formula is C51H49N7O2. The molecule has 0 atom stereocenters. The zero-order valence-corrected chi connectivity index (χ0v) is 34.1. The van der Waals surface area contributed by atoms with E-state index in [4.69, 9.17) is 20.1 Å². The van der Waals surface area contributed by atoms with Crippen molar-refractivity contribution in [1.82, 2.24) is 30.0 Å². The van der Waals surface area contributed by atoms with Crippen molar-refractivity contribution < 1.29 is 9.53 Å². The highest BCUT2D eigenvalue weighted by molar-refractivity contribution is 5.94. The summed E-state index contributed by atoms with van der Waals surface area (Å²) in [5.74, 6) is 0.939. The molecule has 2 aromatic heterocycles. The van der Waals surface area contributed by atoms with Crippen LogP contribution in [-0.2, 0) is 29.8 Å². The summed E-state index contributed by atoms with van der Waals surface area (Å²) in [7, 11) is 0. The first-order valence-corrected chi connectivity index (χ1v) is 20.8. The van der Waals surface area contributed by atoms with Crippen LogP contribution in [0.5, 0.6) is 0 Å². The van der Waals surface area contributed by atoms with Gasteiger partial charge >= 0.3 is 5.97 Å². The third-order valence-electron chi connectivity index (χ3n) is 10.9. The second-order valence-corrected chi connectivity index (χ2v) is 14.8. The lowest BCUT2D eigenvalue weighted by molar-refractivity contribution is 0.0527. The lowest BCUT2D eigenvalue weighted by Gasteiger charge is -2.36. The zero-order chi connectivity index (χ0) is 41.2. The molecule has 9 nitrogen and oxygen atoms in total. The Balaban J connectivity index is 1.12. The minimum absolute atomic E-state index is 0.298. The van der Waals surface area contributed by atoms with Gasteiger partial charge in [-0.25, -0.2) is 9.48 Å². The van der Waals surface area contributed by atoms with Crippen LogP contribution in [-0.4, -0.2) is 49.1 Å². The quantitative estimate of drug-likeness (QED) is 0.0670. The van der Waals surface area contributed by atoms with Crippen LogP contribution in [0.2, 0.25) is 0 Å². The summed E-state index contributed by atoms with van der Waals surface area (Å²) in [6, 6.07) is 58.7. The minimum atomic E-state index is -0.875. The van der Waals surface area contributed by atoms with Crippen molar-refractivity contribution in [2.75, 3.05) is 18.1 Å². The Morgan fingerprint density at radius 3 is 1.82 bits per heavy atom. The van der Waals surface area contributed by atoms with Crippen LogP contribution in [0.1, 0.15) is 64.9 Å². The Morgan fingerprint density at radius 1 is 0.667 bits per heavy atom. The Morgan fingerprint density at radius 2 is 1.23 bits per heavy atom. The second-order valence-electron chi connectivity index (χ2n) is 14.8. The maximum atomic E-state index is 13.3. The summed E-state index contributed by atoms with van der Waals surface area (Å²) in [5.41, 5.74) is 8.06. The molecule has 8 aromatic rings. The fourth-order valence-electron chi connectivity index (χ4n) is 8.16. The largest absolute Gasteiger partial charge is 0.462 e. The number of rotatable bonds is 17. The molecule has 9 heteroatoms. The summed E-state index contributed by atoms with van der Waals surface area (Å²) < 4.78 is 9.38. The molecule has 0 saturated heterocycles. The van der Waals surface area contributed by atoms with E-state index in [1.807, 2.05) is 52.8 Å². The number of tetrazole rings is 1. The molecule has 0 bridgehead atoms. The normalized spacial score (nSPS) is 11.4. The van der Waals surface area contributed by atoms with Crippen molar-refractivity contribution in [3.05, 3.63) is 209 Å². The topological polar surface area (TPSA) is 91.0 Å². The van der Waals surface area contributed by atoms with E-state index in [0.29, 0.717) is 36.9 Å². The summed E-state index contributed by atoms with van der Waals surface area (Å²) in [6.45, 7) is 6.28. The van der Waals surface area contributed by atoms with Crippen LogP contribution in [0, 0.1) is 0 Å². The molecule has 60 heavy (non-hydrogen) atoms. The summed E-state index contributed by atoms with van der Waals surface area (Å²) in [5, 5.41) is 18.9. The molecule has 6 aromatic carbocycles. The summed E-state index contributed by atoms with van der Waals surface area (Å²) >= 11 is 0. The lowest BCUT2D eigenvalue weighted by Crippen LogP contribution is -2.39. The van der Waals surface area contributed by atoms with Gasteiger partial charge in [0.15, 0.2) is 11.6 Å². The van der Waals surface area contributed by atoms with Crippen LogP contribution >= 0.6 is 0 Å². The van der Waals surface area contributed by atoms with Crippen LogP contribution < -0.4 is 4.90 Å². The number of hydrogen-bond acceptors (Lipinski definition) is 7. The van der Waals surface area contributed by atoms with Gasteiger partial charge in [-0.05, 0) is 75.6 Å². The molecule has 0 amide bonds. The van der Waals surface area contributed by atoms with Gasteiger partial charge in [-0.2, -0.15) is 5.10 Å². The van der Waals surface area contributed by atoms with Gasteiger partial charge in [0, 0.05) is 31.4 Å². The van der Waals surface area contributed by atoms with E-state index in [-0.39, 0.29) is 5.97 Å². The van der Waals surface area contributed by atoms with Crippen LogP contribution in [0.25, 0.3) is 22.5 Å². The number of esters is 1. The third-order valence-corrected chi connectivity index (χ3v) is 10.9. The molecule has 0 radical (unpaired) electrons. The molecule has 0 N–H and O–H groups in total. The van der Waals surface area contributed by atoms with Gasteiger partial charge in [0.2, 0.25) is 0 Å². The first kappa shape index (κ1) is 39.7. The maximum absolute atomic E-state index is 13.3. The fraction of sp³-hybridized carbons (Fsp3) is 0.196. The van der Waals surface area contributed by atoms with E-state index in [9.17, 15) is 4.79 Å². The Labute approximate surface area is 351 Å². The van der Waals surface area contributed by atoms with Gasteiger partial charge < -0.3 is 9.64 Å². The molecule has 0 unspecified atom stereocenters. The lowest BCUT2D eigenvalue weighted by atomic mass is 9.77. The van der Waals surface area contributed by atoms with Gasteiger partial charge in [-0.15, -0.1) is 5.10 Å². The van der Waals surface area contributed by atoms with E-state index in [1.54, 1.807) is 0 Å². The standard InChI is InChI=1S/C51H49N7O2/c1-3-35-56(49-47(50(59)60-4-2)38-57(53-49)36-19-22-39-20-9-5-10-21-39)37-40-31-33-41(34-32-40)45-29-17-18-30-46(45)48-52-54-55-58(48)51(42-23-11-6-12-24-42,43-25-13-7-14-26-43)44-27-15-8-16-28-44/h5-18,20-21,23-34,38H,3-4,19,22,35-37H2,1-2H3. The van der Waals surface area contributed by atoms with E-state index >= 15 is 0 Å². The van der Waals surface area contributed by atoms with Crippen molar-refractivity contribution in [3.63, 3.8) is 0 Å². The van der Waals surface area contributed by atoms with Gasteiger partial charge in [0.05, 0.1) is 6.61 Å². The molecule has 0 aliphatic heterocycles. The van der Waals surface area contributed by atoms with Crippen LogP contribution in [0.3, 0.4) is 0 Å². The summed E-state index contributed by atoms with van der Waals surface area (Å²) in [6.07, 6.45) is 4.57. The minimum Gasteiger partial charge on any atom is -0.462 e. The number of carbonyl (C=O) groups is 1. The third kappa shape index (κ3) is 8.25. The fourth-order valence-corrected chi connectivity index (χ4v) is 8.16. The predicted octanol–water partition coefficient (Wildman–Crippen LogP) is 10.3. The highest BCUT2D eigenvalue weighted by Crippen LogP contribution is 2.43. The van der Waals surface area contributed by atoms with Crippen molar-refractivity contribution in [3.8, 4) is 22.5 Å². The molecule has 0 saturated carbocycles. The highest BCUT2D eigenvalue weighted by Gasteiger charge is 2.42. The number of aromatic nitrogens is 6. The van der Waals surface area contributed by atoms with E-state index in [1.165, 1.54) is 5.56 Å². The van der Waals surface area contributed by atoms with Crippen molar-refractivity contribution in [2.24, 2.45) is 0 Å². The van der Waals surface area contributed by atoms with Gasteiger partial charge in [0.1, 0.15) is 11.1 Å². The SMILES string of the molecule is CCCN(Cc1ccc(-c2ccccc2-c2nnnn2C(c2ccccc2)(c2ccccc2)c2ccccc2)cc1)c1nn(CCCc2ccccc2)cc1C(=O)OCC. The molecule has 300 valence electrons. The molecule has 0 aliphatic rings. The van der Waals surface area contributed by atoms with Gasteiger partial charge in [-0.3, -0.25) is 4.68 Å². The Hall–Kier alpha value is -7.13.